The van der Waals surface area contributed by atoms with Crippen molar-refractivity contribution in [1.29, 1.82) is 0 Å². The molecule has 1 rings (SSSR count). The number of carbonyl (C=O) groups is 1. The SMILES string of the molecule is CCCOc1nn(C)cc1C=O. The molecular formula is C8H12N2O2. The molecule has 0 aliphatic heterocycles. The van der Waals surface area contributed by atoms with Crippen molar-refractivity contribution in [2.24, 2.45) is 7.05 Å². The Kier molecular flexibility index (Phi) is 2.85. The number of rotatable bonds is 4. The third kappa shape index (κ3) is 1.84. The Morgan fingerprint density at radius 2 is 2.50 bits per heavy atom. The first-order valence-electron chi connectivity index (χ1n) is 3.89. The molecule has 1 heterocycles. The van der Waals surface area contributed by atoms with Gasteiger partial charge in [-0.2, -0.15) is 0 Å². The minimum atomic E-state index is 0.425. The predicted octanol–water partition coefficient (Wildman–Crippen LogP) is 1.02. The Morgan fingerprint density at radius 1 is 1.75 bits per heavy atom. The predicted molar refractivity (Wildman–Crippen MR) is 44.4 cm³/mol. The van der Waals surface area contributed by atoms with Gasteiger partial charge in [0.2, 0.25) is 5.88 Å². The zero-order chi connectivity index (χ0) is 8.97. The van der Waals surface area contributed by atoms with Gasteiger partial charge >= 0.3 is 0 Å². The molecule has 0 unspecified atom stereocenters. The van der Waals surface area contributed by atoms with Crippen molar-refractivity contribution in [3.63, 3.8) is 0 Å². The van der Waals surface area contributed by atoms with Gasteiger partial charge < -0.3 is 4.74 Å². The molecule has 0 saturated carbocycles. The van der Waals surface area contributed by atoms with Crippen LogP contribution in [0, 0.1) is 0 Å². The molecular weight excluding hydrogens is 156 g/mol. The van der Waals surface area contributed by atoms with E-state index in [4.69, 9.17) is 4.74 Å². The summed E-state index contributed by atoms with van der Waals surface area (Å²) in [5.41, 5.74) is 0.506. The van der Waals surface area contributed by atoms with E-state index in [-0.39, 0.29) is 0 Å². The van der Waals surface area contributed by atoms with E-state index >= 15 is 0 Å². The summed E-state index contributed by atoms with van der Waals surface area (Å²) in [5, 5.41) is 3.98. The second-order valence-corrected chi connectivity index (χ2v) is 2.53. The number of hydrogen-bond donors (Lipinski definition) is 0. The Bertz CT molecular complexity index is 268. The van der Waals surface area contributed by atoms with Gasteiger partial charge in [-0.05, 0) is 6.42 Å². The molecule has 0 radical (unpaired) electrons. The summed E-state index contributed by atoms with van der Waals surface area (Å²) in [4.78, 5) is 10.5. The highest BCUT2D eigenvalue weighted by atomic mass is 16.5. The summed E-state index contributed by atoms with van der Waals surface area (Å²) < 4.78 is 6.80. The Labute approximate surface area is 71.1 Å². The zero-order valence-electron chi connectivity index (χ0n) is 7.28. The summed E-state index contributed by atoms with van der Waals surface area (Å²) in [5.74, 6) is 0.425. The molecule has 0 amide bonds. The van der Waals surface area contributed by atoms with Gasteiger partial charge in [0, 0.05) is 13.2 Å². The van der Waals surface area contributed by atoms with Gasteiger partial charge in [-0.15, -0.1) is 5.10 Å². The molecule has 0 aromatic carbocycles. The number of aromatic nitrogens is 2. The molecule has 0 N–H and O–H groups in total. The Morgan fingerprint density at radius 3 is 3.08 bits per heavy atom. The average molecular weight is 168 g/mol. The summed E-state index contributed by atoms with van der Waals surface area (Å²) in [6, 6.07) is 0. The van der Waals surface area contributed by atoms with Crippen molar-refractivity contribution < 1.29 is 9.53 Å². The van der Waals surface area contributed by atoms with E-state index in [1.54, 1.807) is 17.9 Å². The van der Waals surface area contributed by atoms with Crippen LogP contribution in [0.4, 0.5) is 0 Å². The van der Waals surface area contributed by atoms with Crippen LogP contribution >= 0.6 is 0 Å². The van der Waals surface area contributed by atoms with Crippen molar-refractivity contribution in [3.05, 3.63) is 11.8 Å². The van der Waals surface area contributed by atoms with Crippen LogP contribution in [-0.4, -0.2) is 22.7 Å². The first-order valence-corrected chi connectivity index (χ1v) is 3.89. The maximum atomic E-state index is 10.5. The fourth-order valence-corrected chi connectivity index (χ4v) is 0.878. The number of nitrogens with zero attached hydrogens (tertiary/aromatic N) is 2. The highest BCUT2D eigenvalue weighted by Gasteiger charge is 2.06. The first kappa shape index (κ1) is 8.77. The molecule has 0 saturated heterocycles. The number of aryl methyl sites for hydroxylation is 1. The highest BCUT2D eigenvalue weighted by Crippen LogP contribution is 2.12. The molecule has 66 valence electrons. The lowest BCUT2D eigenvalue weighted by Crippen LogP contribution is -1.98. The van der Waals surface area contributed by atoms with Gasteiger partial charge in [0.1, 0.15) is 0 Å². The van der Waals surface area contributed by atoms with Crippen LogP contribution in [0.3, 0.4) is 0 Å². The topological polar surface area (TPSA) is 44.1 Å². The van der Waals surface area contributed by atoms with E-state index in [1.165, 1.54) is 0 Å². The van der Waals surface area contributed by atoms with Crippen molar-refractivity contribution in [2.75, 3.05) is 6.61 Å². The third-order valence-corrected chi connectivity index (χ3v) is 1.39. The summed E-state index contributed by atoms with van der Waals surface area (Å²) in [6.45, 7) is 2.60. The number of hydrogen-bond acceptors (Lipinski definition) is 3. The van der Waals surface area contributed by atoms with Crippen molar-refractivity contribution in [3.8, 4) is 5.88 Å². The maximum Gasteiger partial charge on any atom is 0.243 e. The van der Waals surface area contributed by atoms with Crippen LogP contribution in [0.5, 0.6) is 5.88 Å². The molecule has 0 aliphatic carbocycles. The molecule has 0 bridgehead atoms. The molecule has 0 spiro atoms. The van der Waals surface area contributed by atoms with Gasteiger partial charge in [-0.3, -0.25) is 9.48 Å². The van der Waals surface area contributed by atoms with Crippen LogP contribution in [0.15, 0.2) is 6.20 Å². The zero-order valence-corrected chi connectivity index (χ0v) is 7.28. The van der Waals surface area contributed by atoms with Gasteiger partial charge in [-0.25, -0.2) is 0 Å². The molecule has 0 atom stereocenters. The van der Waals surface area contributed by atoms with E-state index < -0.39 is 0 Å². The van der Waals surface area contributed by atoms with Crippen LogP contribution in [0.25, 0.3) is 0 Å². The van der Waals surface area contributed by atoms with Crippen LogP contribution in [0.1, 0.15) is 23.7 Å². The molecule has 12 heavy (non-hydrogen) atoms. The summed E-state index contributed by atoms with van der Waals surface area (Å²) in [7, 11) is 1.76. The molecule has 1 aromatic rings. The van der Waals surface area contributed by atoms with Crippen LogP contribution in [0.2, 0.25) is 0 Å². The second kappa shape index (κ2) is 3.90. The van der Waals surface area contributed by atoms with Crippen LogP contribution in [-0.2, 0) is 7.05 Å². The van der Waals surface area contributed by atoms with Gasteiger partial charge in [0.25, 0.3) is 0 Å². The largest absolute Gasteiger partial charge is 0.476 e. The van der Waals surface area contributed by atoms with Crippen molar-refractivity contribution in [2.45, 2.75) is 13.3 Å². The minimum Gasteiger partial charge on any atom is -0.476 e. The average Bonchev–Trinajstić information content (AvgIpc) is 2.42. The molecule has 1 aromatic heterocycles. The van der Waals surface area contributed by atoms with Crippen molar-refractivity contribution >= 4 is 6.29 Å². The number of ether oxygens (including phenoxy) is 1. The quantitative estimate of drug-likeness (QED) is 0.630. The fraction of sp³-hybridized carbons (Fsp3) is 0.500. The minimum absolute atomic E-state index is 0.425. The highest BCUT2D eigenvalue weighted by molar-refractivity contribution is 5.77. The Hall–Kier alpha value is -1.32. The van der Waals surface area contributed by atoms with E-state index in [9.17, 15) is 4.79 Å². The smallest absolute Gasteiger partial charge is 0.243 e. The molecule has 4 nitrogen and oxygen atoms in total. The standard InChI is InChI=1S/C8H12N2O2/c1-3-4-12-8-7(6-11)5-10(2)9-8/h5-6H,3-4H2,1-2H3. The van der Waals surface area contributed by atoms with Gasteiger partial charge in [0.05, 0.1) is 12.2 Å². The summed E-state index contributed by atoms with van der Waals surface area (Å²) in [6.07, 6.45) is 3.30. The monoisotopic (exact) mass is 168 g/mol. The maximum absolute atomic E-state index is 10.5. The molecule has 0 aliphatic rings. The lowest BCUT2D eigenvalue weighted by molar-refractivity contribution is 0.111. The van der Waals surface area contributed by atoms with E-state index in [0.717, 1.165) is 12.7 Å². The van der Waals surface area contributed by atoms with Gasteiger partial charge in [0.15, 0.2) is 6.29 Å². The van der Waals surface area contributed by atoms with E-state index in [1.807, 2.05) is 6.92 Å². The van der Waals surface area contributed by atoms with E-state index in [0.29, 0.717) is 18.1 Å². The molecule has 4 heteroatoms. The summed E-state index contributed by atoms with van der Waals surface area (Å²) >= 11 is 0. The second-order valence-electron chi connectivity index (χ2n) is 2.53. The number of aldehydes is 1. The lowest BCUT2D eigenvalue weighted by atomic mass is 10.4. The molecule has 0 fully saturated rings. The lowest BCUT2D eigenvalue weighted by Gasteiger charge is -1.98. The van der Waals surface area contributed by atoms with E-state index in [2.05, 4.69) is 5.10 Å². The van der Waals surface area contributed by atoms with Gasteiger partial charge in [-0.1, -0.05) is 6.92 Å². The number of carbonyl (C=O) groups excluding carboxylic acids is 1. The third-order valence-electron chi connectivity index (χ3n) is 1.39. The van der Waals surface area contributed by atoms with Crippen LogP contribution < -0.4 is 4.74 Å². The van der Waals surface area contributed by atoms with Crippen molar-refractivity contribution in [1.82, 2.24) is 9.78 Å². The Balaban J connectivity index is 2.74. The normalized spacial score (nSPS) is 9.83. The first-order chi connectivity index (χ1) is 5.77. The fourth-order valence-electron chi connectivity index (χ4n) is 0.878.